The van der Waals surface area contributed by atoms with Crippen molar-refractivity contribution in [3.05, 3.63) is 23.5 Å². The largest absolute Gasteiger partial charge is 0.384 e. The summed E-state index contributed by atoms with van der Waals surface area (Å²) in [5.41, 5.74) is 6.93. The van der Waals surface area contributed by atoms with E-state index in [1.54, 1.807) is 7.05 Å². The van der Waals surface area contributed by atoms with Crippen LogP contribution < -0.4 is 11.1 Å². The molecule has 96 valence electrons. The first kappa shape index (κ1) is 13.5. The van der Waals surface area contributed by atoms with E-state index in [0.717, 1.165) is 11.4 Å². The van der Waals surface area contributed by atoms with E-state index in [9.17, 15) is 4.39 Å². The van der Waals surface area contributed by atoms with Crippen LogP contribution in [0.25, 0.3) is 0 Å². The molecule has 4 nitrogen and oxygen atoms in total. The fourth-order valence-corrected chi connectivity index (χ4v) is 2.07. The molecule has 0 saturated carbocycles. The Kier molecular flexibility index (Phi) is 4.54. The molecule has 17 heavy (non-hydrogen) atoms. The topological polar surface area (TPSA) is 65.1 Å². The maximum absolute atomic E-state index is 13.1. The first-order chi connectivity index (χ1) is 7.97. The Bertz CT molecular complexity index is 324. The summed E-state index contributed by atoms with van der Waals surface area (Å²) in [4.78, 5) is 2.03. The average molecular weight is 240 g/mol. The highest BCUT2D eigenvalue weighted by Crippen LogP contribution is 2.20. The smallest absolute Gasteiger partial charge is 0.126 e. The molecule has 1 heterocycles. The van der Waals surface area contributed by atoms with Crippen molar-refractivity contribution in [1.29, 1.82) is 5.41 Å². The van der Waals surface area contributed by atoms with Crippen molar-refractivity contribution >= 4 is 5.84 Å². The summed E-state index contributed by atoms with van der Waals surface area (Å²) in [6.07, 6.45) is 0.328. The molecule has 1 fully saturated rings. The molecule has 5 heteroatoms. The number of hydrogen-bond donors (Lipinski definition) is 3. The summed E-state index contributed by atoms with van der Waals surface area (Å²) in [6.45, 7) is 6.93. The molecule has 0 unspecified atom stereocenters. The number of amidine groups is 1. The van der Waals surface area contributed by atoms with Gasteiger partial charge in [0.1, 0.15) is 17.8 Å². The van der Waals surface area contributed by atoms with Crippen LogP contribution in [0.5, 0.6) is 0 Å². The molecule has 0 bridgehead atoms. The van der Waals surface area contributed by atoms with Gasteiger partial charge in [0.05, 0.1) is 5.57 Å². The van der Waals surface area contributed by atoms with Crippen LogP contribution >= 0.6 is 0 Å². The third kappa shape index (κ3) is 3.22. The molecule has 0 atom stereocenters. The molecule has 0 aliphatic carbocycles. The van der Waals surface area contributed by atoms with E-state index in [0.29, 0.717) is 31.5 Å². The Morgan fingerprint density at radius 1 is 1.47 bits per heavy atom. The fourth-order valence-electron chi connectivity index (χ4n) is 2.07. The van der Waals surface area contributed by atoms with Crippen molar-refractivity contribution in [2.45, 2.75) is 25.9 Å². The standard InChI is InChI=1S/C12H21FN4/c1-8(2)10(11(14)15)12(16-3)17-6-4-9(13)5-7-17/h9,16H,1,4-7H2,2-3H3,(H3,14,15)/b12-10+. The second-order valence-electron chi connectivity index (χ2n) is 4.33. The predicted octanol–water partition coefficient (Wildman–Crippen LogP) is 1.36. The van der Waals surface area contributed by atoms with Gasteiger partial charge in [0.2, 0.25) is 0 Å². The molecule has 0 aromatic carbocycles. The molecule has 0 radical (unpaired) electrons. The number of rotatable bonds is 4. The monoisotopic (exact) mass is 240 g/mol. The number of nitrogens with two attached hydrogens (primary N) is 1. The average Bonchev–Trinajstić information content (AvgIpc) is 2.26. The number of hydrogen-bond acceptors (Lipinski definition) is 3. The Labute approximate surface area is 102 Å². The summed E-state index contributed by atoms with van der Waals surface area (Å²) in [5, 5.41) is 10.6. The van der Waals surface area contributed by atoms with E-state index in [1.165, 1.54) is 0 Å². The predicted molar refractivity (Wildman–Crippen MR) is 68.5 cm³/mol. The highest BCUT2D eigenvalue weighted by molar-refractivity contribution is 5.98. The second kappa shape index (κ2) is 5.70. The van der Waals surface area contributed by atoms with Gasteiger partial charge in [-0.1, -0.05) is 6.58 Å². The molecule has 1 saturated heterocycles. The zero-order chi connectivity index (χ0) is 13.0. The summed E-state index contributed by atoms with van der Waals surface area (Å²) in [7, 11) is 1.78. The van der Waals surface area contributed by atoms with E-state index in [2.05, 4.69) is 11.9 Å². The highest BCUT2D eigenvalue weighted by Gasteiger charge is 2.22. The van der Waals surface area contributed by atoms with Crippen molar-refractivity contribution in [3.63, 3.8) is 0 Å². The van der Waals surface area contributed by atoms with Crippen LogP contribution in [0.1, 0.15) is 19.8 Å². The third-order valence-electron chi connectivity index (χ3n) is 2.91. The van der Waals surface area contributed by atoms with Crippen LogP contribution in [-0.2, 0) is 0 Å². The van der Waals surface area contributed by atoms with E-state index in [-0.39, 0.29) is 5.84 Å². The zero-order valence-corrected chi connectivity index (χ0v) is 10.5. The third-order valence-corrected chi connectivity index (χ3v) is 2.91. The molecular weight excluding hydrogens is 219 g/mol. The number of alkyl halides is 1. The number of likely N-dealkylation sites (tertiary alicyclic amines) is 1. The molecule has 1 rings (SSSR count). The van der Waals surface area contributed by atoms with Gasteiger partial charge >= 0.3 is 0 Å². The van der Waals surface area contributed by atoms with Crippen molar-refractivity contribution in [3.8, 4) is 0 Å². The maximum Gasteiger partial charge on any atom is 0.126 e. The van der Waals surface area contributed by atoms with Gasteiger partial charge in [-0.2, -0.15) is 0 Å². The van der Waals surface area contributed by atoms with Crippen molar-refractivity contribution < 1.29 is 4.39 Å². The lowest BCUT2D eigenvalue weighted by Gasteiger charge is -2.33. The minimum absolute atomic E-state index is 0.00998. The lowest BCUT2D eigenvalue weighted by atomic mass is 10.1. The lowest BCUT2D eigenvalue weighted by molar-refractivity contribution is 0.173. The van der Waals surface area contributed by atoms with Crippen LogP contribution in [0, 0.1) is 5.41 Å². The van der Waals surface area contributed by atoms with Gasteiger partial charge in [-0.15, -0.1) is 0 Å². The van der Waals surface area contributed by atoms with Crippen LogP contribution in [0.3, 0.4) is 0 Å². The summed E-state index contributed by atoms with van der Waals surface area (Å²) in [5.74, 6) is 0.765. The molecule has 4 N–H and O–H groups in total. The van der Waals surface area contributed by atoms with Crippen LogP contribution in [-0.4, -0.2) is 37.0 Å². The van der Waals surface area contributed by atoms with Crippen LogP contribution in [0.4, 0.5) is 4.39 Å². The Morgan fingerprint density at radius 3 is 2.35 bits per heavy atom. The fraction of sp³-hybridized carbons (Fsp3) is 0.583. The van der Waals surface area contributed by atoms with Gasteiger partial charge < -0.3 is 16.0 Å². The van der Waals surface area contributed by atoms with Crippen molar-refractivity contribution in [2.24, 2.45) is 5.73 Å². The lowest BCUT2D eigenvalue weighted by Crippen LogP contribution is -2.40. The minimum atomic E-state index is -0.713. The first-order valence-electron chi connectivity index (χ1n) is 5.78. The second-order valence-corrected chi connectivity index (χ2v) is 4.33. The van der Waals surface area contributed by atoms with Gasteiger partial charge in [0, 0.05) is 20.1 Å². The number of nitrogens with zero attached hydrogens (tertiary/aromatic N) is 1. The van der Waals surface area contributed by atoms with E-state index >= 15 is 0 Å². The van der Waals surface area contributed by atoms with Crippen LogP contribution in [0.2, 0.25) is 0 Å². The highest BCUT2D eigenvalue weighted by atomic mass is 19.1. The molecule has 0 aromatic heterocycles. The van der Waals surface area contributed by atoms with Crippen LogP contribution in [0.15, 0.2) is 23.5 Å². The molecule has 1 aliphatic rings. The molecule has 0 aromatic rings. The van der Waals surface area contributed by atoms with E-state index < -0.39 is 6.17 Å². The SMILES string of the molecule is C=C(C)/C(C(=N)N)=C(/NC)N1CCC(F)CC1. The van der Waals surface area contributed by atoms with Crippen molar-refractivity contribution in [2.75, 3.05) is 20.1 Å². The van der Waals surface area contributed by atoms with Gasteiger partial charge in [0.25, 0.3) is 0 Å². The zero-order valence-electron chi connectivity index (χ0n) is 10.5. The Balaban J connectivity index is 2.99. The summed E-state index contributed by atoms with van der Waals surface area (Å²) >= 11 is 0. The van der Waals surface area contributed by atoms with Gasteiger partial charge in [-0.05, 0) is 25.3 Å². The van der Waals surface area contributed by atoms with E-state index in [4.69, 9.17) is 11.1 Å². The minimum Gasteiger partial charge on any atom is -0.384 e. The molecule has 0 spiro atoms. The van der Waals surface area contributed by atoms with Gasteiger partial charge in [-0.25, -0.2) is 4.39 Å². The number of piperidine rings is 1. The summed E-state index contributed by atoms with van der Waals surface area (Å²) < 4.78 is 13.1. The molecule has 1 aliphatic heterocycles. The molecule has 0 amide bonds. The first-order valence-corrected chi connectivity index (χ1v) is 5.78. The number of halogens is 1. The Morgan fingerprint density at radius 2 is 2.00 bits per heavy atom. The van der Waals surface area contributed by atoms with Crippen molar-refractivity contribution in [1.82, 2.24) is 10.2 Å². The van der Waals surface area contributed by atoms with Gasteiger partial charge in [-0.3, -0.25) is 5.41 Å². The van der Waals surface area contributed by atoms with E-state index in [1.807, 2.05) is 11.8 Å². The number of nitrogens with one attached hydrogen (secondary N) is 2. The quantitative estimate of drug-likeness (QED) is 0.395. The normalized spacial score (nSPS) is 18.6. The van der Waals surface area contributed by atoms with Gasteiger partial charge in [0.15, 0.2) is 0 Å². The Hall–Kier alpha value is -1.52. The summed E-state index contributed by atoms with van der Waals surface area (Å²) in [6, 6.07) is 0. The molecular formula is C12H21FN4. The maximum atomic E-state index is 13.1.